The lowest BCUT2D eigenvalue weighted by molar-refractivity contribution is 0.0599. The number of phenols is 2. The summed E-state index contributed by atoms with van der Waals surface area (Å²) in [5.41, 5.74) is 0.553. The number of phenolic OH excluding ortho intramolecular Hbond substituents is 2. The van der Waals surface area contributed by atoms with Gasteiger partial charge < -0.3 is 20.1 Å². The number of methoxy groups -OCH3 is 1. The summed E-state index contributed by atoms with van der Waals surface area (Å²) >= 11 is 6.09. The quantitative estimate of drug-likeness (QED) is 0.605. The predicted octanol–water partition coefficient (Wildman–Crippen LogP) is 3.79. The fourth-order valence-electron chi connectivity index (χ4n) is 1.39. The van der Waals surface area contributed by atoms with Gasteiger partial charge in [0, 0.05) is 0 Å². The number of hydrogen-bond donors (Lipinski definition) is 3. The molecule has 23 heavy (non-hydrogen) atoms. The Labute approximate surface area is 148 Å². The number of esters is 1. The van der Waals surface area contributed by atoms with Gasteiger partial charge in [-0.3, -0.25) is 0 Å². The van der Waals surface area contributed by atoms with E-state index >= 15 is 0 Å². The first-order valence-electron chi connectivity index (χ1n) is 6.05. The zero-order chi connectivity index (χ0) is 17.6. The standard InChI is InChI=1S/C8H7BrO3.C7H5BrO3/c1-12-8(11)5-2-3-7(10)6(9)4-5;8-5-3-4(7(10)11)1-2-6(5)9/h2-4,10H,1H3;1-3,9H,(H,10,11). The number of rotatable bonds is 2. The third-order valence-corrected chi connectivity index (χ3v) is 3.83. The van der Waals surface area contributed by atoms with Gasteiger partial charge in [0.1, 0.15) is 11.5 Å². The largest absolute Gasteiger partial charge is 0.507 e. The molecule has 0 amide bonds. The van der Waals surface area contributed by atoms with Crippen LogP contribution in [0, 0.1) is 0 Å². The van der Waals surface area contributed by atoms with Gasteiger partial charge in [0.15, 0.2) is 0 Å². The predicted molar refractivity (Wildman–Crippen MR) is 89.9 cm³/mol. The third-order valence-electron chi connectivity index (χ3n) is 2.56. The van der Waals surface area contributed by atoms with Crippen LogP contribution in [0.25, 0.3) is 0 Å². The van der Waals surface area contributed by atoms with Gasteiger partial charge in [-0.1, -0.05) is 0 Å². The number of halogens is 2. The minimum Gasteiger partial charge on any atom is -0.507 e. The first-order valence-corrected chi connectivity index (χ1v) is 7.63. The Hall–Kier alpha value is -2.06. The first kappa shape index (κ1) is 19.0. The second-order valence-electron chi connectivity index (χ2n) is 4.13. The Bertz CT molecular complexity index is 730. The zero-order valence-electron chi connectivity index (χ0n) is 11.8. The molecule has 0 aromatic heterocycles. The Morgan fingerprint density at radius 1 is 0.913 bits per heavy atom. The molecule has 0 bridgehead atoms. The molecule has 3 N–H and O–H groups in total. The van der Waals surface area contributed by atoms with Crippen molar-refractivity contribution in [1.29, 1.82) is 0 Å². The van der Waals surface area contributed by atoms with E-state index in [4.69, 9.17) is 15.3 Å². The van der Waals surface area contributed by atoms with Gasteiger partial charge in [-0.2, -0.15) is 0 Å². The number of benzene rings is 2. The van der Waals surface area contributed by atoms with E-state index < -0.39 is 11.9 Å². The fourth-order valence-corrected chi connectivity index (χ4v) is 2.15. The first-order chi connectivity index (χ1) is 10.8. The van der Waals surface area contributed by atoms with Crippen LogP contribution in [0.1, 0.15) is 20.7 Å². The van der Waals surface area contributed by atoms with Gasteiger partial charge in [-0.25, -0.2) is 9.59 Å². The number of carboxylic acid groups (broad SMARTS) is 1. The van der Waals surface area contributed by atoms with Crippen LogP contribution in [0.15, 0.2) is 45.3 Å². The summed E-state index contributed by atoms with van der Waals surface area (Å²) in [6, 6.07) is 8.43. The van der Waals surface area contributed by atoms with Crippen LogP contribution in [0.5, 0.6) is 11.5 Å². The molecule has 0 aliphatic rings. The topological polar surface area (TPSA) is 104 Å². The lowest BCUT2D eigenvalue weighted by Gasteiger charge is -2.00. The van der Waals surface area contributed by atoms with E-state index in [1.165, 1.54) is 43.5 Å². The maximum atomic E-state index is 11.0. The highest BCUT2D eigenvalue weighted by Crippen LogP contribution is 2.25. The van der Waals surface area contributed by atoms with Crippen molar-refractivity contribution in [3.8, 4) is 11.5 Å². The molecule has 2 aromatic rings. The van der Waals surface area contributed by atoms with E-state index in [2.05, 4.69) is 36.6 Å². The van der Waals surface area contributed by atoms with Gasteiger partial charge in [-0.15, -0.1) is 0 Å². The molecular formula is C15H12Br2O6. The lowest BCUT2D eigenvalue weighted by atomic mass is 10.2. The van der Waals surface area contributed by atoms with E-state index in [0.717, 1.165) is 0 Å². The maximum Gasteiger partial charge on any atom is 0.337 e. The average Bonchev–Trinajstić information content (AvgIpc) is 2.52. The normalized spacial score (nSPS) is 9.52. The van der Waals surface area contributed by atoms with Gasteiger partial charge in [0.2, 0.25) is 0 Å². The molecule has 0 fully saturated rings. The molecule has 0 heterocycles. The second-order valence-corrected chi connectivity index (χ2v) is 5.84. The number of aromatic hydroxyl groups is 2. The van der Waals surface area contributed by atoms with E-state index in [9.17, 15) is 9.59 Å². The van der Waals surface area contributed by atoms with Crippen molar-refractivity contribution in [2.75, 3.05) is 7.11 Å². The molecule has 8 heteroatoms. The number of carbonyl (C=O) groups is 2. The summed E-state index contributed by atoms with van der Waals surface area (Å²) in [5, 5.41) is 26.6. The third kappa shape index (κ3) is 5.57. The van der Waals surface area contributed by atoms with E-state index in [-0.39, 0.29) is 17.1 Å². The number of aromatic carboxylic acids is 1. The zero-order valence-corrected chi connectivity index (χ0v) is 15.0. The summed E-state index contributed by atoms with van der Waals surface area (Å²) in [4.78, 5) is 21.3. The van der Waals surface area contributed by atoms with Crippen LogP contribution in [0.4, 0.5) is 0 Å². The van der Waals surface area contributed by atoms with Crippen molar-refractivity contribution >= 4 is 43.8 Å². The van der Waals surface area contributed by atoms with Crippen LogP contribution in [0.3, 0.4) is 0 Å². The fraction of sp³-hybridized carbons (Fsp3) is 0.0667. The monoisotopic (exact) mass is 446 g/mol. The summed E-state index contributed by atoms with van der Waals surface area (Å²) in [6.45, 7) is 0. The van der Waals surface area contributed by atoms with Gasteiger partial charge in [-0.05, 0) is 68.3 Å². The van der Waals surface area contributed by atoms with Crippen molar-refractivity contribution in [2.45, 2.75) is 0 Å². The molecular weight excluding hydrogens is 436 g/mol. The molecule has 0 saturated carbocycles. The lowest BCUT2D eigenvalue weighted by Crippen LogP contribution is -2.00. The Balaban J connectivity index is 0.000000231. The molecule has 6 nitrogen and oxygen atoms in total. The van der Waals surface area contributed by atoms with Crippen LogP contribution in [-0.2, 0) is 4.74 Å². The number of ether oxygens (including phenoxy) is 1. The number of carbonyl (C=O) groups excluding carboxylic acids is 1. The van der Waals surface area contributed by atoms with E-state index in [1.54, 1.807) is 0 Å². The number of hydrogen-bond acceptors (Lipinski definition) is 5. The van der Waals surface area contributed by atoms with Crippen molar-refractivity contribution in [1.82, 2.24) is 0 Å². The molecule has 0 radical (unpaired) electrons. The van der Waals surface area contributed by atoms with Crippen LogP contribution >= 0.6 is 31.9 Å². The van der Waals surface area contributed by atoms with Crippen molar-refractivity contribution in [2.24, 2.45) is 0 Å². The maximum absolute atomic E-state index is 11.0. The van der Waals surface area contributed by atoms with Crippen LogP contribution < -0.4 is 0 Å². The SMILES string of the molecule is COC(=O)c1ccc(O)c(Br)c1.O=C(O)c1ccc(O)c(Br)c1. The van der Waals surface area contributed by atoms with Crippen LogP contribution in [-0.4, -0.2) is 34.4 Å². The molecule has 2 rings (SSSR count). The Kier molecular flexibility index (Phi) is 7.05. The summed E-state index contributed by atoms with van der Waals surface area (Å²) < 4.78 is 5.35. The molecule has 0 saturated heterocycles. The minimum absolute atomic E-state index is 0.0370. The summed E-state index contributed by atoms with van der Waals surface area (Å²) in [7, 11) is 1.31. The number of carboxylic acids is 1. The summed E-state index contributed by atoms with van der Waals surface area (Å²) in [6.07, 6.45) is 0. The molecule has 2 aromatic carbocycles. The smallest absolute Gasteiger partial charge is 0.337 e. The van der Waals surface area contributed by atoms with Crippen molar-refractivity contribution in [3.63, 3.8) is 0 Å². The molecule has 0 spiro atoms. The highest BCUT2D eigenvalue weighted by molar-refractivity contribution is 9.10. The second kappa shape index (κ2) is 8.54. The molecule has 0 aliphatic heterocycles. The van der Waals surface area contributed by atoms with Crippen LogP contribution in [0.2, 0.25) is 0 Å². The Morgan fingerprint density at radius 2 is 1.35 bits per heavy atom. The van der Waals surface area contributed by atoms with Crippen molar-refractivity contribution < 1.29 is 29.6 Å². The highest BCUT2D eigenvalue weighted by Gasteiger charge is 2.07. The molecule has 0 atom stereocenters. The summed E-state index contributed by atoms with van der Waals surface area (Å²) in [5.74, 6) is -1.29. The van der Waals surface area contributed by atoms with Gasteiger partial charge >= 0.3 is 11.9 Å². The highest BCUT2D eigenvalue weighted by atomic mass is 79.9. The van der Waals surface area contributed by atoms with Crippen molar-refractivity contribution in [3.05, 3.63) is 56.5 Å². The van der Waals surface area contributed by atoms with E-state index in [1.807, 2.05) is 0 Å². The molecule has 122 valence electrons. The van der Waals surface area contributed by atoms with Gasteiger partial charge in [0.25, 0.3) is 0 Å². The molecule has 0 aliphatic carbocycles. The molecule has 0 unspecified atom stereocenters. The Morgan fingerprint density at radius 3 is 1.74 bits per heavy atom. The van der Waals surface area contributed by atoms with E-state index in [0.29, 0.717) is 14.5 Å². The average molecular weight is 448 g/mol. The minimum atomic E-state index is -1.01. The van der Waals surface area contributed by atoms with Gasteiger partial charge in [0.05, 0.1) is 27.2 Å².